The highest BCUT2D eigenvalue weighted by molar-refractivity contribution is 5.94. The second kappa shape index (κ2) is 9.41. The molecule has 4 heterocycles. The minimum absolute atomic E-state index is 0.135. The monoisotopic (exact) mass is 524 g/mol. The van der Waals surface area contributed by atoms with E-state index >= 15 is 0 Å². The van der Waals surface area contributed by atoms with Gasteiger partial charge in [-0.2, -0.15) is 0 Å². The second-order valence-electron chi connectivity index (χ2n) is 10.4. The van der Waals surface area contributed by atoms with Gasteiger partial charge in [0.05, 0.1) is 11.1 Å². The lowest BCUT2D eigenvalue weighted by molar-refractivity contribution is -0.155. The first-order chi connectivity index (χ1) is 18.0. The fourth-order valence-corrected chi connectivity index (χ4v) is 5.16. The average Bonchev–Trinajstić information content (AvgIpc) is 3.29. The van der Waals surface area contributed by atoms with Gasteiger partial charge in [-0.3, -0.25) is 9.59 Å². The molecule has 2 aromatic heterocycles. The Morgan fingerprint density at radius 3 is 2.37 bits per heavy atom. The fraction of sp³-hybridized carbons (Fsp3) is 0.357. The van der Waals surface area contributed by atoms with E-state index in [0.29, 0.717) is 18.8 Å². The van der Waals surface area contributed by atoms with Crippen LogP contribution in [0.25, 0.3) is 11.3 Å². The van der Waals surface area contributed by atoms with Gasteiger partial charge in [-0.05, 0) is 63.4 Å². The van der Waals surface area contributed by atoms with Crippen molar-refractivity contribution in [2.75, 3.05) is 19.6 Å². The first-order valence-electron chi connectivity index (χ1n) is 12.3. The van der Waals surface area contributed by atoms with Crippen molar-refractivity contribution in [3.8, 4) is 17.1 Å². The molecule has 0 atom stereocenters. The molecule has 2 amide bonds. The van der Waals surface area contributed by atoms with Gasteiger partial charge in [0.1, 0.15) is 28.8 Å². The highest BCUT2D eigenvalue weighted by Gasteiger charge is 2.56. The maximum Gasteiger partial charge on any atom is 0.272 e. The smallest absolute Gasteiger partial charge is 0.272 e. The predicted molar refractivity (Wildman–Crippen MR) is 133 cm³/mol. The molecule has 1 aromatic carbocycles. The first kappa shape index (κ1) is 25.7. The van der Waals surface area contributed by atoms with E-state index in [1.54, 1.807) is 31.0 Å². The van der Waals surface area contributed by atoms with E-state index in [4.69, 9.17) is 4.74 Å². The molecule has 2 aliphatic rings. The summed E-state index contributed by atoms with van der Waals surface area (Å²) < 4.78 is 48.9. The third kappa shape index (κ3) is 4.48. The number of amides is 2. The largest absolute Gasteiger partial charge is 0.462 e. The molecule has 38 heavy (non-hydrogen) atoms. The molecule has 0 bridgehead atoms. The minimum atomic E-state index is -1.18. The van der Waals surface area contributed by atoms with Gasteiger partial charge < -0.3 is 14.5 Å². The van der Waals surface area contributed by atoms with Crippen molar-refractivity contribution < 1.29 is 27.5 Å². The molecule has 10 heteroatoms. The van der Waals surface area contributed by atoms with E-state index < -0.39 is 45.8 Å². The maximum absolute atomic E-state index is 14.5. The number of carbonyl (C=O) groups is 2. The van der Waals surface area contributed by atoms with Crippen molar-refractivity contribution in [2.45, 2.75) is 44.8 Å². The quantitative estimate of drug-likeness (QED) is 0.490. The lowest BCUT2D eigenvalue weighted by atomic mass is 9.85. The number of halogens is 3. The Morgan fingerprint density at radius 1 is 1.00 bits per heavy atom. The number of rotatable bonds is 5. The van der Waals surface area contributed by atoms with E-state index in [2.05, 4.69) is 9.97 Å². The molecule has 3 aromatic rings. The molecule has 5 rings (SSSR count). The zero-order valence-corrected chi connectivity index (χ0v) is 21.3. The van der Waals surface area contributed by atoms with Gasteiger partial charge in [-0.1, -0.05) is 12.1 Å². The van der Waals surface area contributed by atoms with Crippen LogP contribution in [0, 0.1) is 24.4 Å². The summed E-state index contributed by atoms with van der Waals surface area (Å²) in [6.45, 7) is 6.34. The van der Waals surface area contributed by atoms with E-state index in [1.165, 1.54) is 17.0 Å². The van der Waals surface area contributed by atoms with Crippen LogP contribution >= 0.6 is 0 Å². The molecule has 7 nitrogen and oxygen atoms in total. The summed E-state index contributed by atoms with van der Waals surface area (Å²) in [7, 11) is 0. The van der Waals surface area contributed by atoms with Gasteiger partial charge >= 0.3 is 0 Å². The SMILES string of the molecule is Cc1ccc(OC(C)(C)C(=O)N2CCCC23CN(C(=O)c2ccc(F)c(-c4c(F)cccc4F)n2)C3)nc1. The molecule has 2 fully saturated rings. The van der Waals surface area contributed by atoms with Crippen molar-refractivity contribution in [3.63, 3.8) is 0 Å². The van der Waals surface area contributed by atoms with Crippen LogP contribution in [0.3, 0.4) is 0 Å². The summed E-state index contributed by atoms with van der Waals surface area (Å²) >= 11 is 0. The Bertz CT molecular complexity index is 1380. The third-order valence-corrected chi connectivity index (χ3v) is 7.12. The number of likely N-dealkylation sites (tertiary alicyclic amines) is 2. The number of nitrogens with zero attached hydrogens (tertiary/aromatic N) is 4. The van der Waals surface area contributed by atoms with E-state index in [-0.39, 0.29) is 24.7 Å². The second-order valence-corrected chi connectivity index (χ2v) is 10.4. The fourth-order valence-electron chi connectivity index (χ4n) is 5.16. The Balaban J connectivity index is 1.32. The number of ether oxygens (including phenoxy) is 1. The van der Waals surface area contributed by atoms with E-state index in [1.807, 2.05) is 13.0 Å². The predicted octanol–water partition coefficient (Wildman–Crippen LogP) is 4.54. The molecule has 0 radical (unpaired) electrons. The Labute approximate surface area is 218 Å². The number of hydrogen-bond donors (Lipinski definition) is 0. The van der Waals surface area contributed by atoms with Crippen LogP contribution in [0.2, 0.25) is 0 Å². The van der Waals surface area contributed by atoms with Crippen LogP contribution in [0.1, 0.15) is 42.7 Å². The highest BCUT2D eigenvalue weighted by Crippen LogP contribution is 2.40. The molecule has 0 N–H and O–H groups in total. The molecular formula is C28H27F3N4O3. The van der Waals surface area contributed by atoms with Gasteiger partial charge in [0, 0.05) is 31.9 Å². The number of carbonyl (C=O) groups excluding carboxylic acids is 2. The Morgan fingerprint density at radius 2 is 1.71 bits per heavy atom. The summed E-state index contributed by atoms with van der Waals surface area (Å²) in [5, 5.41) is 0. The summed E-state index contributed by atoms with van der Waals surface area (Å²) in [5.74, 6) is -3.26. The van der Waals surface area contributed by atoms with Crippen LogP contribution in [0.15, 0.2) is 48.7 Å². The Kier molecular flexibility index (Phi) is 6.36. The van der Waals surface area contributed by atoms with Crippen molar-refractivity contribution in [1.29, 1.82) is 0 Å². The van der Waals surface area contributed by atoms with Crippen LogP contribution < -0.4 is 4.74 Å². The van der Waals surface area contributed by atoms with Gasteiger partial charge in [0.15, 0.2) is 5.60 Å². The summed E-state index contributed by atoms with van der Waals surface area (Å²) in [6.07, 6.45) is 3.15. The number of aryl methyl sites for hydroxylation is 1. The third-order valence-electron chi connectivity index (χ3n) is 7.12. The van der Waals surface area contributed by atoms with Gasteiger partial charge in [-0.15, -0.1) is 0 Å². The van der Waals surface area contributed by atoms with Crippen molar-refractivity contribution in [1.82, 2.24) is 19.8 Å². The summed E-state index contributed by atoms with van der Waals surface area (Å²) in [4.78, 5) is 38.2. The molecule has 0 unspecified atom stereocenters. The molecule has 198 valence electrons. The van der Waals surface area contributed by atoms with E-state index in [9.17, 15) is 22.8 Å². The molecule has 0 aliphatic carbocycles. The van der Waals surface area contributed by atoms with Crippen LogP contribution in [-0.2, 0) is 4.79 Å². The van der Waals surface area contributed by atoms with Gasteiger partial charge in [0.2, 0.25) is 5.88 Å². The lowest BCUT2D eigenvalue weighted by Gasteiger charge is -2.53. The van der Waals surface area contributed by atoms with E-state index in [0.717, 1.165) is 30.2 Å². The van der Waals surface area contributed by atoms with Crippen molar-refractivity contribution in [2.24, 2.45) is 0 Å². The average molecular weight is 525 g/mol. The lowest BCUT2D eigenvalue weighted by Crippen LogP contribution is -2.71. The van der Waals surface area contributed by atoms with Crippen molar-refractivity contribution in [3.05, 3.63) is 77.4 Å². The normalized spacial score (nSPS) is 16.5. The molecule has 0 saturated carbocycles. The Hall–Kier alpha value is -3.95. The van der Waals surface area contributed by atoms with Crippen molar-refractivity contribution >= 4 is 11.8 Å². The molecule has 2 aliphatic heterocycles. The van der Waals surface area contributed by atoms with Crippen LogP contribution in [0.4, 0.5) is 13.2 Å². The topological polar surface area (TPSA) is 75.6 Å². The number of benzene rings is 1. The van der Waals surface area contributed by atoms with Gasteiger partial charge in [-0.25, -0.2) is 23.1 Å². The van der Waals surface area contributed by atoms with Crippen LogP contribution in [-0.4, -0.2) is 62.4 Å². The zero-order chi connectivity index (χ0) is 27.2. The first-order valence-corrected chi connectivity index (χ1v) is 12.3. The summed E-state index contributed by atoms with van der Waals surface area (Å²) in [5.41, 5.74) is -2.08. The molecule has 2 saturated heterocycles. The number of aromatic nitrogens is 2. The highest BCUT2D eigenvalue weighted by atomic mass is 19.1. The molecule has 1 spiro atoms. The standard InChI is InChI=1S/C28H27F3N4O3/c1-17-8-11-22(32-14-17)38-27(2,3)26(37)35-13-5-12-28(35)15-34(16-28)25(36)21-10-9-20(31)24(33-21)23-18(29)6-4-7-19(23)30/h4,6-11,14H,5,12-13,15-16H2,1-3H3. The number of pyridine rings is 2. The maximum atomic E-state index is 14.5. The van der Waals surface area contributed by atoms with Crippen LogP contribution in [0.5, 0.6) is 5.88 Å². The summed E-state index contributed by atoms with van der Waals surface area (Å²) in [6, 6.07) is 8.89. The zero-order valence-electron chi connectivity index (χ0n) is 21.3. The molecular weight excluding hydrogens is 497 g/mol. The number of hydrogen-bond acceptors (Lipinski definition) is 5. The van der Waals surface area contributed by atoms with Gasteiger partial charge in [0.25, 0.3) is 11.8 Å². The minimum Gasteiger partial charge on any atom is -0.462 e.